The number of nitrogens with zero attached hydrogens (tertiary/aromatic N) is 2. The molecule has 2 saturated heterocycles. The van der Waals surface area contributed by atoms with Gasteiger partial charge < -0.3 is 4.74 Å². The number of quaternary nitrogens is 1. The molecule has 4 heteroatoms. The van der Waals surface area contributed by atoms with Gasteiger partial charge in [-0.05, 0) is 90.0 Å². The third-order valence-electron chi connectivity index (χ3n) is 11.7. The van der Waals surface area contributed by atoms with Crippen molar-refractivity contribution in [3.63, 3.8) is 0 Å². The van der Waals surface area contributed by atoms with Crippen molar-refractivity contribution < 1.29 is 14.6 Å². The lowest BCUT2D eigenvalue weighted by molar-refractivity contribution is -1.11. The van der Waals surface area contributed by atoms with E-state index in [-0.39, 0.29) is 16.6 Å². The van der Waals surface area contributed by atoms with Gasteiger partial charge in [0.15, 0.2) is 0 Å². The molecule has 0 radical (unpaired) electrons. The van der Waals surface area contributed by atoms with Crippen LogP contribution < -0.4 is 0 Å². The number of hydrogen-bond acceptors (Lipinski definition) is 3. The van der Waals surface area contributed by atoms with Crippen molar-refractivity contribution in [1.82, 2.24) is 4.98 Å². The normalized spacial score (nSPS) is 42.4. The summed E-state index contributed by atoms with van der Waals surface area (Å²) in [6.07, 6.45) is 20.5. The first kappa shape index (κ1) is 22.0. The van der Waals surface area contributed by atoms with Crippen LogP contribution in [0.25, 0.3) is 10.8 Å². The van der Waals surface area contributed by atoms with Gasteiger partial charge in [0.25, 0.3) is 0 Å². The average molecular weight is 484 g/mol. The summed E-state index contributed by atoms with van der Waals surface area (Å²) in [5.74, 6) is 1.11. The molecule has 36 heavy (non-hydrogen) atoms. The van der Waals surface area contributed by atoms with E-state index < -0.39 is 0 Å². The summed E-state index contributed by atoms with van der Waals surface area (Å²) in [6, 6.07) is 9.51. The Hall–Kier alpha value is -2.01. The van der Waals surface area contributed by atoms with Crippen LogP contribution in [0.5, 0.6) is 0 Å². The van der Waals surface area contributed by atoms with Crippen molar-refractivity contribution in [2.75, 3.05) is 13.1 Å². The van der Waals surface area contributed by atoms with Crippen LogP contribution in [-0.2, 0) is 4.74 Å². The molecule has 2 spiro atoms. The minimum atomic E-state index is -0.137. The zero-order chi connectivity index (χ0) is 24.2. The molecule has 3 unspecified atom stereocenters. The van der Waals surface area contributed by atoms with Crippen molar-refractivity contribution in [3.05, 3.63) is 65.5 Å². The summed E-state index contributed by atoms with van der Waals surface area (Å²) in [5, 5.41) is 14.0. The summed E-state index contributed by atoms with van der Waals surface area (Å²) in [4.78, 5) is 4.39. The Morgan fingerprint density at radius 3 is 2.83 bits per heavy atom. The Kier molecular flexibility index (Phi) is 4.47. The maximum atomic E-state index is 11.4. The highest BCUT2D eigenvalue weighted by Gasteiger charge is 2.67. The van der Waals surface area contributed by atoms with E-state index in [0.29, 0.717) is 22.5 Å². The Morgan fingerprint density at radius 2 is 1.94 bits per heavy atom. The first-order valence-corrected chi connectivity index (χ1v) is 14.5. The molecule has 3 aliphatic carbocycles. The molecule has 4 fully saturated rings. The number of ether oxygens (including phenoxy) is 1. The largest absolute Gasteiger partial charge is 0.359 e. The molecule has 6 aliphatic rings. The van der Waals surface area contributed by atoms with Crippen molar-refractivity contribution in [2.24, 2.45) is 11.3 Å². The Bertz CT molecular complexity index is 1310. The van der Waals surface area contributed by atoms with Gasteiger partial charge in [0.1, 0.15) is 19.1 Å². The second-order valence-corrected chi connectivity index (χ2v) is 13.2. The molecule has 8 rings (SSSR count). The van der Waals surface area contributed by atoms with E-state index in [2.05, 4.69) is 48.3 Å². The number of fused-ring (bicyclic) bond motifs is 2. The number of pyridine rings is 1. The highest BCUT2D eigenvalue weighted by atomic mass is 16.6. The predicted octanol–water partition coefficient (Wildman–Crippen LogP) is 6.85. The van der Waals surface area contributed by atoms with Crippen LogP contribution in [0, 0.1) is 11.3 Å². The Balaban J connectivity index is 1.15. The molecule has 1 aromatic carbocycles. The lowest BCUT2D eigenvalue weighted by atomic mass is 9.58. The number of allylic oxidation sites excluding steroid dienone is 1. The third kappa shape index (κ3) is 2.79. The fourth-order valence-electron chi connectivity index (χ4n) is 9.91. The van der Waals surface area contributed by atoms with E-state index >= 15 is 0 Å². The van der Waals surface area contributed by atoms with E-state index in [0.717, 1.165) is 64.5 Å². The summed E-state index contributed by atoms with van der Waals surface area (Å²) in [7, 11) is 0. The summed E-state index contributed by atoms with van der Waals surface area (Å²) in [5.41, 5.74) is 4.45. The molecule has 2 saturated carbocycles. The smallest absolute Gasteiger partial charge is 0.122 e. The van der Waals surface area contributed by atoms with Gasteiger partial charge in [0.05, 0.1) is 11.2 Å². The van der Waals surface area contributed by atoms with Gasteiger partial charge in [-0.2, -0.15) is 4.65 Å². The second-order valence-electron chi connectivity index (χ2n) is 13.2. The second kappa shape index (κ2) is 7.30. The van der Waals surface area contributed by atoms with Gasteiger partial charge in [0, 0.05) is 43.5 Å². The lowest BCUT2D eigenvalue weighted by Gasteiger charge is -2.55. The van der Waals surface area contributed by atoms with Gasteiger partial charge in [-0.15, -0.1) is 0 Å². The summed E-state index contributed by atoms with van der Waals surface area (Å²) in [6.45, 7) is 4.42. The summed E-state index contributed by atoms with van der Waals surface area (Å²) < 4.78 is 7.78. The average Bonchev–Trinajstić information content (AvgIpc) is 3.58. The van der Waals surface area contributed by atoms with Crippen LogP contribution in [0.2, 0.25) is 0 Å². The zero-order valence-electron chi connectivity index (χ0n) is 21.6. The van der Waals surface area contributed by atoms with Gasteiger partial charge in [0.2, 0.25) is 0 Å². The van der Waals surface area contributed by atoms with Gasteiger partial charge in [-0.25, -0.2) is 5.21 Å². The molecule has 3 aliphatic heterocycles. The fourth-order valence-corrected chi connectivity index (χ4v) is 9.91. The van der Waals surface area contributed by atoms with Crippen LogP contribution in [0.4, 0.5) is 0 Å². The van der Waals surface area contributed by atoms with Crippen LogP contribution >= 0.6 is 0 Å². The number of benzene rings is 1. The van der Waals surface area contributed by atoms with Crippen molar-refractivity contribution in [2.45, 2.75) is 94.3 Å². The molecular weight excluding hydrogens is 444 g/mol. The van der Waals surface area contributed by atoms with E-state index in [1.165, 1.54) is 40.3 Å². The topological polar surface area (TPSA) is 42.4 Å². The van der Waals surface area contributed by atoms with Crippen LogP contribution in [0.15, 0.2) is 60.0 Å². The monoisotopic (exact) mass is 483 g/mol. The Labute approximate surface area is 214 Å². The quantitative estimate of drug-likeness (QED) is 0.475. The fraction of sp³-hybridized carbons (Fsp3) is 0.594. The van der Waals surface area contributed by atoms with Gasteiger partial charge >= 0.3 is 0 Å². The standard InChI is InChI=1S/C32H39N2O2/c1-30-12-10-26-19-25-6-7-27(34(35)16-2-3-17-34)20-31(25)13-14-32(26,36-31)29(30)9-8-28(30)23-5-4-22-11-15-33-21-24(22)18-23/h4-5,10-11,15,18-19,21,27-29,35H,2-3,6-9,12-14,16-17,20H2,1H3/q+1/t27?,28?,29-,30?,31-,32-/m1/s1. The Morgan fingerprint density at radius 1 is 1.06 bits per heavy atom. The van der Waals surface area contributed by atoms with Crippen molar-refractivity contribution in [3.8, 4) is 0 Å². The lowest BCUT2D eigenvalue weighted by Crippen LogP contribution is -2.59. The maximum Gasteiger partial charge on any atom is 0.122 e. The molecule has 188 valence electrons. The minimum absolute atomic E-state index is 0.128. The minimum Gasteiger partial charge on any atom is -0.359 e. The highest BCUT2D eigenvalue weighted by molar-refractivity contribution is 5.82. The van der Waals surface area contributed by atoms with Crippen LogP contribution in [-0.4, -0.2) is 45.2 Å². The third-order valence-corrected chi connectivity index (χ3v) is 11.7. The molecule has 1 N–H and O–H groups in total. The first-order valence-electron chi connectivity index (χ1n) is 14.5. The molecule has 4 heterocycles. The number of likely N-dealkylation sites (tertiary alicyclic amines) is 1. The van der Waals surface area contributed by atoms with Crippen LogP contribution in [0.3, 0.4) is 0 Å². The van der Waals surface area contributed by atoms with Crippen molar-refractivity contribution in [1.29, 1.82) is 0 Å². The molecule has 1 aromatic heterocycles. The number of hydroxylamine groups is 3. The van der Waals surface area contributed by atoms with Gasteiger partial charge in [-0.3, -0.25) is 4.98 Å². The maximum absolute atomic E-state index is 11.4. The first-order chi connectivity index (χ1) is 17.4. The van der Waals surface area contributed by atoms with Gasteiger partial charge in [-0.1, -0.05) is 31.2 Å². The summed E-state index contributed by atoms with van der Waals surface area (Å²) >= 11 is 0. The van der Waals surface area contributed by atoms with Crippen LogP contribution in [0.1, 0.15) is 82.6 Å². The molecule has 6 atom stereocenters. The molecular formula is C32H39N2O2+. The molecule has 0 amide bonds. The number of aromatic nitrogens is 1. The molecule has 2 aromatic rings. The molecule has 2 bridgehead atoms. The van der Waals surface area contributed by atoms with E-state index in [1.54, 1.807) is 0 Å². The van der Waals surface area contributed by atoms with E-state index in [9.17, 15) is 5.21 Å². The number of rotatable bonds is 2. The SMILES string of the molecule is CC12CC=C3C=C4CCC([N+]5(O)CCCC5)C[C@]45CC[C@]3(O5)[C@@H]1CCC2c1ccc2ccncc2c1. The van der Waals surface area contributed by atoms with E-state index in [1.807, 2.05) is 12.4 Å². The highest BCUT2D eigenvalue weighted by Crippen LogP contribution is 2.69. The number of hydrogen-bond donors (Lipinski definition) is 1. The van der Waals surface area contributed by atoms with E-state index in [4.69, 9.17) is 4.74 Å². The molecule has 4 nitrogen and oxygen atoms in total. The zero-order valence-corrected chi connectivity index (χ0v) is 21.6. The predicted molar refractivity (Wildman–Crippen MR) is 141 cm³/mol. The van der Waals surface area contributed by atoms with Crippen molar-refractivity contribution >= 4 is 10.8 Å².